The van der Waals surface area contributed by atoms with Crippen LogP contribution >= 0.6 is 11.6 Å². The fraction of sp³-hybridized carbons (Fsp3) is 0.263. The summed E-state index contributed by atoms with van der Waals surface area (Å²) in [7, 11) is 0. The van der Waals surface area contributed by atoms with E-state index in [2.05, 4.69) is 5.32 Å². The first-order chi connectivity index (χ1) is 13.0. The molecule has 6 nitrogen and oxygen atoms in total. The number of ether oxygens (including phenoxy) is 3. The summed E-state index contributed by atoms with van der Waals surface area (Å²) < 4.78 is 28.8. The second-order valence-electron chi connectivity index (χ2n) is 5.78. The molecule has 2 aromatic carbocycles. The fourth-order valence-electron chi connectivity index (χ4n) is 2.50. The normalized spacial score (nSPS) is 12.4. The summed E-state index contributed by atoms with van der Waals surface area (Å²) in [4.78, 5) is 23.7. The van der Waals surface area contributed by atoms with Crippen molar-refractivity contribution in [3.63, 3.8) is 0 Å². The van der Waals surface area contributed by atoms with E-state index in [1.54, 1.807) is 0 Å². The molecule has 2 aromatic rings. The van der Waals surface area contributed by atoms with Crippen molar-refractivity contribution in [1.82, 2.24) is 5.32 Å². The summed E-state index contributed by atoms with van der Waals surface area (Å²) >= 11 is 5.78. The molecule has 0 fully saturated rings. The molecule has 1 amide bonds. The van der Waals surface area contributed by atoms with Crippen molar-refractivity contribution in [3.8, 4) is 11.5 Å². The highest BCUT2D eigenvalue weighted by atomic mass is 35.5. The topological polar surface area (TPSA) is 73.9 Å². The maximum absolute atomic E-state index is 13.0. The minimum atomic E-state index is -0.790. The first-order valence-corrected chi connectivity index (χ1v) is 8.68. The lowest BCUT2D eigenvalue weighted by Crippen LogP contribution is -2.30. The Hall–Kier alpha value is -2.80. The standard InChI is InChI=1S/C19H17ClFNO5/c20-15-10-13(21)2-3-14(15)19(24)27-11-18(23)22-6-5-12-1-4-16-17(9-12)26-8-7-25-16/h1-4,9-10H,5-8,11H2,(H,22,23). The molecular formula is C19H17ClFNO5. The summed E-state index contributed by atoms with van der Waals surface area (Å²) in [6.07, 6.45) is 0.583. The smallest absolute Gasteiger partial charge is 0.340 e. The summed E-state index contributed by atoms with van der Waals surface area (Å²) in [6, 6.07) is 8.91. The number of fused-ring (bicyclic) bond motifs is 1. The van der Waals surface area contributed by atoms with E-state index >= 15 is 0 Å². The Labute approximate surface area is 160 Å². The quantitative estimate of drug-likeness (QED) is 0.764. The molecule has 0 radical (unpaired) electrons. The molecule has 0 bridgehead atoms. The molecule has 0 saturated carbocycles. The van der Waals surface area contributed by atoms with Crippen LogP contribution < -0.4 is 14.8 Å². The van der Waals surface area contributed by atoms with Crippen molar-refractivity contribution < 1.29 is 28.2 Å². The molecule has 0 spiro atoms. The predicted molar refractivity (Wildman–Crippen MR) is 95.8 cm³/mol. The summed E-state index contributed by atoms with van der Waals surface area (Å²) in [6.45, 7) is 0.960. The highest BCUT2D eigenvalue weighted by Gasteiger charge is 2.15. The lowest BCUT2D eigenvalue weighted by Gasteiger charge is -2.18. The molecule has 1 N–H and O–H groups in total. The number of nitrogens with one attached hydrogen (secondary N) is 1. The van der Waals surface area contributed by atoms with Gasteiger partial charge in [0.05, 0.1) is 10.6 Å². The van der Waals surface area contributed by atoms with Crippen LogP contribution in [0.1, 0.15) is 15.9 Å². The van der Waals surface area contributed by atoms with Crippen LogP contribution in [0.15, 0.2) is 36.4 Å². The van der Waals surface area contributed by atoms with Crippen molar-refractivity contribution in [1.29, 1.82) is 0 Å². The van der Waals surface area contributed by atoms with Gasteiger partial charge >= 0.3 is 5.97 Å². The largest absolute Gasteiger partial charge is 0.486 e. The van der Waals surface area contributed by atoms with E-state index in [1.165, 1.54) is 6.07 Å². The number of hydrogen-bond acceptors (Lipinski definition) is 5. The van der Waals surface area contributed by atoms with E-state index in [1.807, 2.05) is 18.2 Å². The van der Waals surface area contributed by atoms with Gasteiger partial charge in [-0.1, -0.05) is 17.7 Å². The van der Waals surface area contributed by atoms with Gasteiger partial charge in [0.2, 0.25) is 0 Å². The number of halogens is 2. The van der Waals surface area contributed by atoms with Gasteiger partial charge in [0.25, 0.3) is 5.91 Å². The third kappa shape index (κ3) is 5.10. The first kappa shape index (κ1) is 19.0. The Morgan fingerprint density at radius 2 is 1.89 bits per heavy atom. The number of rotatable bonds is 6. The highest BCUT2D eigenvalue weighted by molar-refractivity contribution is 6.33. The average molecular weight is 394 g/mol. The van der Waals surface area contributed by atoms with Gasteiger partial charge < -0.3 is 19.5 Å². The number of amides is 1. The summed E-state index contributed by atoms with van der Waals surface area (Å²) in [5.74, 6) is -0.398. The maximum atomic E-state index is 13.0. The number of benzene rings is 2. The van der Waals surface area contributed by atoms with E-state index in [0.29, 0.717) is 37.7 Å². The van der Waals surface area contributed by atoms with E-state index in [4.69, 9.17) is 25.8 Å². The van der Waals surface area contributed by atoms with E-state index in [9.17, 15) is 14.0 Å². The minimum Gasteiger partial charge on any atom is -0.486 e. The van der Waals surface area contributed by atoms with Crippen LogP contribution in [0, 0.1) is 5.82 Å². The van der Waals surface area contributed by atoms with Crippen molar-refractivity contribution in [2.45, 2.75) is 6.42 Å². The van der Waals surface area contributed by atoms with Gasteiger partial charge in [-0.2, -0.15) is 0 Å². The number of carbonyl (C=O) groups excluding carboxylic acids is 2. The number of esters is 1. The van der Waals surface area contributed by atoms with Gasteiger partial charge in [-0.3, -0.25) is 4.79 Å². The lowest BCUT2D eigenvalue weighted by molar-refractivity contribution is -0.124. The van der Waals surface area contributed by atoms with Crippen molar-refractivity contribution in [3.05, 3.63) is 58.4 Å². The zero-order valence-corrected chi connectivity index (χ0v) is 15.1. The molecule has 0 aliphatic carbocycles. The SMILES string of the molecule is O=C(COC(=O)c1ccc(F)cc1Cl)NCCc1ccc2c(c1)OCCO2. The van der Waals surface area contributed by atoms with Crippen LogP contribution in [0.2, 0.25) is 5.02 Å². The van der Waals surface area contributed by atoms with Crippen molar-refractivity contribution in [2.24, 2.45) is 0 Å². The average Bonchev–Trinajstić information content (AvgIpc) is 2.66. The molecular weight excluding hydrogens is 377 g/mol. The molecule has 1 aliphatic rings. The van der Waals surface area contributed by atoms with Crippen LogP contribution in [0.5, 0.6) is 11.5 Å². The second-order valence-corrected chi connectivity index (χ2v) is 6.19. The second kappa shape index (κ2) is 8.73. The van der Waals surface area contributed by atoms with Crippen LogP contribution in [0.25, 0.3) is 0 Å². The Morgan fingerprint density at radius 3 is 2.67 bits per heavy atom. The summed E-state index contributed by atoms with van der Waals surface area (Å²) in [5, 5.41) is 2.59. The van der Waals surface area contributed by atoms with Gasteiger partial charge in [0, 0.05) is 6.54 Å². The molecule has 142 valence electrons. The first-order valence-electron chi connectivity index (χ1n) is 8.30. The Kier molecular flexibility index (Phi) is 6.13. The van der Waals surface area contributed by atoms with Gasteiger partial charge in [0.1, 0.15) is 19.0 Å². The van der Waals surface area contributed by atoms with E-state index in [0.717, 1.165) is 17.7 Å². The minimum absolute atomic E-state index is 0.00199. The molecule has 1 aliphatic heterocycles. The van der Waals surface area contributed by atoms with Crippen LogP contribution in [-0.4, -0.2) is 38.2 Å². The Balaban J connectivity index is 1.42. The Morgan fingerprint density at radius 1 is 1.11 bits per heavy atom. The maximum Gasteiger partial charge on any atom is 0.340 e. The van der Waals surface area contributed by atoms with E-state index in [-0.39, 0.29) is 10.6 Å². The monoisotopic (exact) mass is 393 g/mol. The number of carbonyl (C=O) groups is 2. The van der Waals surface area contributed by atoms with Crippen molar-refractivity contribution >= 4 is 23.5 Å². The molecule has 0 saturated heterocycles. The molecule has 0 unspecified atom stereocenters. The molecule has 27 heavy (non-hydrogen) atoms. The van der Waals surface area contributed by atoms with Gasteiger partial charge in [0.15, 0.2) is 18.1 Å². The zero-order valence-electron chi connectivity index (χ0n) is 14.3. The predicted octanol–water partition coefficient (Wildman–Crippen LogP) is 2.77. The molecule has 0 aromatic heterocycles. The van der Waals surface area contributed by atoms with Crippen LogP contribution in [-0.2, 0) is 16.0 Å². The fourth-order valence-corrected chi connectivity index (χ4v) is 2.75. The van der Waals surface area contributed by atoms with Gasteiger partial charge in [-0.25, -0.2) is 9.18 Å². The van der Waals surface area contributed by atoms with E-state index < -0.39 is 24.3 Å². The van der Waals surface area contributed by atoms with Gasteiger partial charge in [-0.05, 0) is 42.3 Å². The van der Waals surface area contributed by atoms with Gasteiger partial charge in [-0.15, -0.1) is 0 Å². The molecule has 3 rings (SSSR count). The van der Waals surface area contributed by atoms with Crippen molar-refractivity contribution in [2.75, 3.05) is 26.4 Å². The third-order valence-corrected chi connectivity index (χ3v) is 4.14. The van der Waals surface area contributed by atoms with Crippen LogP contribution in [0.3, 0.4) is 0 Å². The molecule has 0 atom stereocenters. The zero-order chi connectivity index (χ0) is 19.2. The molecule has 8 heteroatoms. The Bertz CT molecular complexity index is 858. The molecule has 1 heterocycles. The highest BCUT2D eigenvalue weighted by Crippen LogP contribution is 2.30. The number of hydrogen-bond donors (Lipinski definition) is 1. The lowest BCUT2D eigenvalue weighted by atomic mass is 10.1. The summed E-state index contributed by atoms with van der Waals surface area (Å²) in [5.41, 5.74) is 0.983. The third-order valence-electron chi connectivity index (χ3n) is 3.83. The van der Waals surface area contributed by atoms with Crippen LogP contribution in [0.4, 0.5) is 4.39 Å².